The quantitative estimate of drug-likeness (QED) is 0.127. The van der Waals surface area contributed by atoms with Crippen LogP contribution in [-0.4, -0.2) is 110 Å². The van der Waals surface area contributed by atoms with E-state index >= 15 is 0 Å². The molecule has 1 heterocycles. The van der Waals surface area contributed by atoms with Gasteiger partial charge in [0.1, 0.15) is 6.61 Å². The van der Waals surface area contributed by atoms with Crippen LogP contribution in [-0.2, 0) is 37.0 Å². The summed E-state index contributed by atoms with van der Waals surface area (Å²) in [5.74, 6) is -0.362. The van der Waals surface area contributed by atoms with Crippen LogP contribution in [0.15, 0.2) is 72.8 Å². The molecule has 15 nitrogen and oxygen atoms in total. The van der Waals surface area contributed by atoms with E-state index in [-0.39, 0.29) is 43.6 Å². The van der Waals surface area contributed by atoms with Crippen LogP contribution < -0.4 is 14.8 Å². The number of hydrogen-bond acceptors (Lipinski definition) is 11. The first-order valence-electron chi connectivity index (χ1n) is 18.3. The number of carbonyl (C=O) groups excluding carboxylic acids is 5. The monoisotopic (exact) mass is 759 g/mol. The highest BCUT2D eigenvalue weighted by Crippen LogP contribution is 2.33. The number of likely N-dealkylation sites (N-methyl/N-ethyl adjacent to an activating group) is 1. The number of esters is 1. The number of anilines is 1. The Morgan fingerprint density at radius 1 is 0.800 bits per heavy atom. The number of piperazine rings is 1. The molecule has 1 aliphatic heterocycles. The van der Waals surface area contributed by atoms with Gasteiger partial charge in [-0.25, -0.2) is 19.6 Å². The Balaban J connectivity index is 1.22. The van der Waals surface area contributed by atoms with Gasteiger partial charge in [0.2, 0.25) is 12.7 Å². The van der Waals surface area contributed by atoms with Gasteiger partial charge in [0.15, 0.2) is 11.5 Å². The predicted molar refractivity (Wildman–Crippen MR) is 201 cm³/mol. The second-order valence-electron chi connectivity index (χ2n) is 13.4. The van der Waals surface area contributed by atoms with Crippen molar-refractivity contribution in [3.05, 3.63) is 89.5 Å². The van der Waals surface area contributed by atoms with Crippen molar-refractivity contribution in [2.75, 3.05) is 59.5 Å². The Kier molecular flexibility index (Phi) is 14.7. The van der Waals surface area contributed by atoms with Crippen molar-refractivity contribution in [1.29, 1.82) is 0 Å². The molecular weight excluding hydrogens is 710 g/mol. The largest absolute Gasteiger partial charge is 0.493 e. The van der Waals surface area contributed by atoms with Crippen molar-refractivity contribution in [3.8, 4) is 11.5 Å². The topological polar surface area (TPSA) is 156 Å². The van der Waals surface area contributed by atoms with E-state index in [1.54, 1.807) is 30.2 Å². The Morgan fingerprint density at radius 2 is 1.51 bits per heavy atom. The van der Waals surface area contributed by atoms with E-state index in [1.165, 1.54) is 31.3 Å². The fourth-order valence-electron chi connectivity index (χ4n) is 6.15. The Bertz CT molecular complexity index is 1760. The second kappa shape index (κ2) is 20.0. The second-order valence-corrected chi connectivity index (χ2v) is 13.4. The van der Waals surface area contributed by atoms with Crippen LogP contribution in [0.5, 0.6) is 11.5 Å². The maximum atomic E-state index is 13.7. The number of benzene rings is 3. The number of nitrogens with zero attached hydrogens (tertiary/aromatic N) is 4. The van der Waals surface area contributed by atoms with Crippen molar-refractivity contribution in [2.24, 2.45) is 0 Å². The molecule has 55 heavy (non-hydrogen) atoms. The molecule has 294 valence electrons. The lowest BCUT2D eigenvalue weighted by Gasteiger charge is -2.32. The standard InChI is InChI=1S/C40H49N5O10/c1-42-21-23-44(24-22-42)36(46)19-20-37(47)53-28-54-40(50)45(26-30-13-18-34(51-3)35(25-30)55-33-11-7-8-12-33)43(2)38(48)31-14-16-32(17-15-31)41-39(49)52-27-29-9-5-4-6-10-29/h4-6,9-10,13-18,25,33H,7-8,11-12,19-24,26-28H2,1-3H3,(H,41,49). The Hall–Kier alpha value is -5.83. The van der Waals surface area contributed by atoms with Gasteiger partial charge in [0.25, 0.3) is 5.91 Å². The molecule has 3 aromatic carbocycles. The Labute approximate surface area is 320 Å². The molecule has 0 bridgehead atoms. The minimum absolute atomic E-state index is 0.0221. The highest BCUT2D eigenvalue weighted by atomic mass is 16.7. The molecule has 1 N–H and O–H groups in total. The molecule has 0 radical (unpaired) electrons. The summed E-state index contributed by atoms with van der Waals surface area (Å²) in [4.78, 5) is 68.5. The molecule has 0 aromatic heterocycles. The van der Waals surface area contributed by atoms with Crippen LogP contribution in [0, 0.1) is 0 Å². The molecule has 0 atom stereocenters. The zero-order valence-electron chi connectivity index (χ0n) is 31.6. The molecule has 5 rings (SSSR count). The maximum absolute atomic E-state index is 13.7. The van der Waals surface area contributed by atoms with Gasteiger partial charge < -0.3 is 33.5 Å². The van der Waals surface area contributed by atoms with E-state index in [4.69, 9.17) is 23.7 Å². The molecule has 4 amide bonds. The van der Waals surface area contributed by atoms with E-state index in [1.807, 2.05) is 37.4 Å². The van der Waals surface area contributed by atoms with Crippen molar-refractivity contribution < 1.29 is 47.7 Å². The van der Waals surface area contributed by atoms with Gasteiger partial charge in [0, 0.05) is 50.9 Å². The van der Waals surface area contributed by atoms with Gasteiger partial charge in [-0.2, -0.15) is 0 Å². The zero-order valence-corrected chi connectivity index (χ0v) is 31.6. The molecular formula is C40H49N5O10. The number of methoxy groups -OCH3 is 1. The normalized spacial score (nSPS) is 14.4. The molecule has 1 saturated heterocycles. The van der Waals surface area contributed by atoms with Gasteiger partial charge in [-0.1, -0.05) is 36.4 Å². The Morgan fingerprint density at radius 3 is 2.20 bits per heavy atom. The molecule has 2 fully saturated rings. The van der Waals surface area contributed by atoms with Crippen LogP contribution in [0.2, 0.25) is 0 Å². The molecule has 1 saturated carbocycles. The fourth-order valence-corrected chi connectivity index (χ4v) is 6.15. The van der Waals surface area contributed by atoms with E-state index in [2.05, 4.69) is 10.2 Å². The number of amides is 4. The number of ether oxygens (including phenoxy) is 5. The number of hydrazine groups is 1. The van der Waals surface area contributed by atoms with Crippen molar-refractivity contribution in [3.63, 3.8) is 0 Å². The number of rotatable bonds is 14. The van der Waals surface area contributed by atoms with Gasteiger partial charge >= 0.3 is 18.2 Å². The van der Waals surface area contributed by atoms with Gasteiger partial charge in [-0.05, 0) is 80.3 Å². The van der Waals surface area contributed by atoms with Crippen molar-refractivity contribution in [1.82, 2.24) is 19.8 Å². The number of carbonyl (C=O) groups is 5. The van der Waals surface area contributed by atoms with E-state index < -0.39 is 30.9 Å². The summed E-state index contributed by atoms with van der Waals surface area (Å²) >= 11 is 0. The lowest BCUT2D eigenvalue weighted by atomic mass is 10.1. The third-order valence-corrected chi connectivity index (χ3v) is 9.42. The number of hydrogen-bond donors (Lipinski definition) is 1. The molecule has 0 unspecified atom stereocenters. The lowest BCUT2D eigenvalue weighted by molar-refractivity contribution is -0.155. The van der Waals surface area contributed by atoms with E-state index in [0.29, 0.717) is 35.8 Å². The van der Waals surface area contributed by atoms with Gasteiger partial charge in [-0.15, -0.1) is 0 Å². The fraction of sp³-hybridized carbons (Fsp3) is 0.425. The summed E-state index contributed by atoms with van der Waals surface area (Å²) in [5, 5.41) is 4.80. The maximum Gasteiger partial charge on any atom is 0.432 e. The van der Waals surface area contributed by atoms with Crippen LogP contribution in [0.3, 0.4) is 0 Å². The molecule has 1 aliphatic carbocycles. The minimum atomic E-state index is -0.967. The average molecular weight is 760 g/mol. The first-order valence-corrected chi connectivity index (χ1v) is 18.3. The molecule has 0 spiro atoms. The first kappa shape index (κ1) is 40.4. The summed E-state index contributed by atoms with van der Waals surface area (Å²) < 4.78 is 27.5. The zero-order chi connectivity index (χ0) is 39.2. The van der Waals surface area contributed by atoms with Gasteiger partial charge in [0.05, 0.1) is 26.2 Å². The summed E-state index contributed by atoms with van der Waals surface area (Å²) in [7, 11) is 4.94. The van der Waals surface area contributed by atoms with Crippen LogP contribution in [0.4, 0.5) is 15.3 Å². The smallest absolute Gasteiger partial charge is 0.432 e. The SMILES string of the molecule is COc1ccc(CN(C(=O)OCOC(=O)CCC(=O)N2CCN(C)CC2)N(C)C(=O)c2ccc(NC(=O)OCc3ccccc3)cc2)cc1OC1CCCC1. The number of nitrogens with one attached hydrogen (secondary N) is 1. The van der Waals surface area contributed by atoms with Crippen LogP contribution in [0.1, 0.15) is 60.0 Å². The minimum Gasteiger partial charge on any atom is -0.493 e. The van der Waals surface area contributed by atoms with E-state index in [9.17, 15) is 24.0 Å². The molecule has 2 aliphatic rings. The van der Waals surface area contributed by atoms with Crippen LogP contribution >= 0.6 is 0 Å². The highest BCUT2D eigenvalue weighted by Gasteiger charge is 2.27. The average Bonchev–Trinajstić information content (AvgIpc) is 3.72. The van der Waals surface area contributed by atoms with Gasteiger partial charge in [-0.3, -0.25) is 19.7 Å². The van der Waals surface area contributed by atoms with Crippen molar-refractivity contribution in [2.45, 2.75) is 57.8 Å². The summed E-state index contributed by atoms with van der Waals surface area (Å²) in [6, 6.07) is 20.6. The first-order chi connectivity index (χ1) is 26.6. The van der Waals surface area contributed by atoms with E-state index in [0.717, 1.165) is 54.4 Å². The summed E-state index contributed by atoms with van der Waals surface area (Å²) in [6.07, 6.45) is 2.23. The summed E-state index contributed by atoms with van der Waals surface area (Å²) in [5.41, 5.74) is 2.05. The van der Waals surface area contributed by atoms with Crippen molar-refractivity contribution >= 4 is 35.7 Å². The third-order valence-electron chi connectivity index (χ3n) is 9.42. The molecule has 15 heteroatoms. The third kappa shape index (κ3) is 12.1. The van der Waals surface area contributed by atoms with Crippen LogP contribution in [0.25, 0.3) is 0 Å². The lowest BCUT2D eigenvalue weighted by Crippen LogP contribution is -2.47. The predicted octanol–water partition coefficient (Wildman–Crippen LogP) is 5.45. The highest BCUT2D eigenvalue weighted by molar-refractivity contribution is 5.95. The molecule has 3 aromatic rings. The summed E-state index contributed by atoms with van der Waals surface area (Å²) in [6.45, 7) is 1.97.